The van der Waals surface area contributed by atoms with Gasteiger partial charge in [0.15, 0.2) is 5.69 Å². The van der Waals surface area contributed by atoms with Crippen molar-refractivity contribution in [1.29, 1.82) is 0 Å². The SMILES string of the molecule is CNC(=O)c1cc(NC(=O)c2nn(C)c3ccc(-c4ccc(N5CCCC5=O)cc4-c4ccc(N5CCN(CCc6cccc7c6n(C)c(=O)n7C6CCC(=O)NC6=O)CC5)cc4)c(F)c23)ccn1. The van der Waals surface area contributed by atoms with Gasteiger partial charge in [-0.1, -0.05) is 30.3 Å². The van der Waals surface area contributed by atoms with Crippen molar-refractivity contribution in [2.45, 2.75) is 38.1 Å². The van der Waals surface area contributed by atoms with E-state index in [1.165, 1.54) is 34.6 Å². The maximum Gasteiger partial charge on any atom is 0.329 e. The second-order valence-electron chi connectivity index (χ2n) is 17.7. The van der Waals surface area contributed by atoms with Gasteiger partial charge < -0.3 is 20.4 Å². The van der Waals surface area contributed by atoms with Crippen LogP contribution in [0.1, 0.15) is 58.3 Å². The highest BCUT2D eigenvalue weighted by Gasteiger charge is 2.32. The van der Waals surface area contributed by atoms with E-state index in [2.05, 4.69) is 48.0 Å². The van der Waals surface area contributed by atoms with Crippen molar-refractivity contribution in [3.8, 4) is 22.3 Å². The Morgan fingerprint density at radius 1 is 0.812 bits per heavy atom. The number of aryl methyl sites for hydroxylation is 2. The third kappa shape index (κ3) is 8.30. The zero-order valence-electron chi connectivity index (χ0n) is 38.4. The number of piperazine rings is 1. The van der Waals surface area contributed by atoms with E-state index in [0.717, 1.165) is 72.7 Å². The van der Waals surface area contributed by atoms with Gasteiger partial charge in [-0.2, -0.15) is 5.10 Å². The highest BCUT2D eigenvalue weighted by atomic mass is 19.1. The van der Waals surface area contributed by atoms with E-state index < -0.39 is 29.6 Å². The Morgan fingerprint density at radius 3 is 2.32 bits per heavy atom. The number of rotatable bonds is 11. The first-order valence-electron chi connectivity index (χ1n) is 23.1. The van der Waals surface area contributed by atoms with Crippen LogP contribution in [0.2, 0.25) is 0 Å². The average molecular weight is 932 g/mol. The molecule has 0 radical (unpaired) electrons. The van der Waals surface area contributed by atoms with E-state index in [4.69, 9.17) is 0 Å². The molecule has 0 saturated carbocycles. The summed E-state index contributed by atoms with van der Waals surface area (Å²) in [6, 6.07) is 25.2. The highest BCUT2D eigenvalue weighted by molar-refractivity contribution is 6.12. The fourth-order valence-electron chi connectivity index (χ4n) is 10.0. The molecule has 1 atom stereocenters. The summed E-state index contributed by atoms with van der Waals surface area (Å²) in [6.07, 6.45) is 3.78. The number of nitrogens with zero attached hydrogens (tertiary/aromatic N) is 8. The minimum Gasteiger partial charge on any atom is -0.369 e. The van der Waals surface area contributed by atoms with Crippen molar-refractivity contribution in [3.63, 3.8) is 0 Å². The number of aromatic nitrogens is 5. The van der Waals surface area contributed by atoms with Gasteiger partial charge in [-0.05, 0) is 96.1 Å². The Hall–Kier alpha value is -7.99. The number of amides is 5. The third-order valence-electron chi connectivity index (χ3n) is 13.6. The van der Waals surface area contributed by atoms with Gasteiger partial charge in [-0.15, -0.1) is 0 Å². The number of carbonyl (C=O) groups is 5. The van der Waals surface area contributed by atoms with Crippen molar-refractivity contribution in [2.75, 3.05) is 61.4 Å². The summed E-state index contributed by atoms with van der Waals surface area (Å²) in [5.74, 6) is -2.45. The third-order valence-corrected chi connectivity index (χ3v) is 13.6. The minimum absolute atomic E-state index is 0.0324. The number of hydrogen-bond donors (Lipinski definition) is 3. The molecule has 3 N–H and O–H groups in total. The molecule has 18 heteroatoms. The van der Waals surface area contributed by atoms with Crippen LogP contribution in [0.3, 0.4) is 0 Å². The molecule has 0 bridgehead atoms. The Kier molecular flexibility index (Phi) is 11.9. The van der Waals surface area contributed by atoms with Gasteiger partial charge in [-0.3, -0.25) is 53.0 Å². The van der Waals surface area contributed by atoms with Gasteiger partial charge in [0.25, 0.3) is 11.8 Å². The quantitative estimate of drug-likeness (QED) is 0.146. The van der Waals surface area contributed by atoms with Crippen molar-refractivity contribution < 1.29 is 28.4 Å². The van der Waals surface area contributed by atoms with Gasteiger partial charge in [0.2, 0.25) is 17.7 Å². The molecule has 6 heterocycles. The maximum absolute atomic E-state index is 17.2. The lowest BCUT2D eigenvalue weighted by molar-refractivity contribution is -0.135. The molecular formula is C51H50FN11O6. The van der Waals surface area contributed by atoms with E-state index in [9.17, 15) is 28.8 Å². The van der Waals surface area contributed by atoms with Crippen molar-refractivity contribution in [3.05, 3.63) is 124 Å². The molecule has 3 aliphatic heterocycles. The Balaban J connectivity index is 0.881. The minimum atomic E-state index is -0.738. The number of nitrogens with one attached hydrogen (secondary N) is 3. The number of hydrogen-bond acceptors (Lipinski definition) is 10. The standard InChI is InChI=1S/C51H50FN11O6/c1-53-48(66)38-28-32(19-21-54-38)55-50(68)46-44-39(59(3)57-46)16-15-36(45(44)52)35-14-13-34(62-22-5-8-43(62)65)29-37(35)30-9-11-33(12-10-30)61-26-24-60(25-27-61)23-20-31-6-4-7-40-47(31)58(2)51(69)63(40)41-17-18-42(64)56-49(41)67/h4,6-7,9-16,19,21,28-29,41H,5,8,17-18,20,22-27H2,1-3H3,(H,53,66)(H,54,55,68)(H,56,64,67). The topological polar surface area (TPSA) is 189 Å². The van der Waals surface area contributed by atoms with Crippen LogP contribution in [-0.4, -0.2) is 105 Å². The van der Waals surface area contributed by atoms with E-state index in [0.29, 0.717) is 41.7 Å². The van der Waals surface area contributed by atoms with Crippen molar-refractivity contribution in [1.82, 2.24) is 39.4 Å². The van der Waals surface area contributed by atoms with Gasteiger partial charge in [-0.25, -0.2) is 9.18 Å². The number of pyridine rings is 1. The predicted molar refractivity (Wildman–Crippen MR) is 260 cm³/mol. The number of imide groups is 1. The normalized spacial score (nSPS) is 16.7. The molecule has 10 rings (SSSR count). The second kappa shape index (κ2) is 18.2. The summed E-state index contributed by atoms with van der Waals surface area (Å²) in [4.78, 5) is 87.5. The fraction of sp³-hybridized carbons (Fsp3) is 0.294. The van der Waals surface area contributed by atoms with Gasteiger partial charge >= 0.3 is 5.69 Å². The van der Waals surface area contributed by atoms with Crippen LogP contribution >= 0.6 is 0 Å². The fourth-order valence-corrected chi connectivity index (χ4v) is 10.0. The van der Waals surface area contributed by atoms with Crippen LogP contribution < -0.4 is 31.4 Å². The van der Waals surface area contributed by atoms with Crippen LogP contribution in [0.25, 0.3) is 44.2 Å². The number of para-hydroxylation sites is 1. The van der Waals surface area contributed by atoms with E-state index in [-0.39, 0.29) is 52.7 Å². The van der Waals surface area contributed by atoms with Crippen molar-refractivity contribution >= 4 is 68.5 Å². The number of anilines is 3. The number of piperidine rings is 1. The lowest BCUT2D eigenvalue weighted by Gasteiger charge is -2.36. The summed E-state index contributed by atoms with van der Waals surface area (Å²) >= 11 is 0. The van der Waals surface area contributed by atoms with Crippen LogP contribution in [0, 0.1) is 5.82 Å². The van der Waals surface area contributed by atoms with Gasteiger partial charge in [0.05, 0.1) is 21.9 Å². The predicted octanol–water partition coefficient (Wildman–Crippen LogP) is 5.18. The second-order valence-corrected chi connectivity index (χ2v) is 17.7. The lowest BCUT2D eigenvalue weighted by atomic mass is 9.92. The summed E-state index contributed by atoms with van der Waals surface area (Å²) in [5, 5.41) is 12.1. The summed E-state index contributed by atoms with van der Waals surface area (Å²) in [6.45, 7) is 4.58. The van der Waals surface area contributed by atoms with E-state index in [1.807, 2.05) is 48.5 Å². The molecule has 352 valence electrons. The van der Waals surface area contributed by atoms with Gasteiger partial charge in [0, 0.05) is 102 Å². The van der Waals surface area contributed by atoms with Crippen LogP contribution in [0.5, 0.6) is 0 Å². The number of halogens is 1. The average Bonchev–Trinajstić information content (AvgIpc) is 4.03. The van der Waals surface area contributed by atoms with E-state index in [1.54, 1.807) is 35.7 Å². The zero-order chi connectivity index (χ0) is 48.1. The first-order valence-corrected chi connectivity index (χ1v) is 23.1. The zero-order valence-corrected chi connectivity index (χ0v) is 38.4. The Morgan fingerprint density at radius 2 is 1.58 bits per heavy atom. The molecule has 3 saturated heterocycles. The molecular weight excluding hydrogens is 882 g/mol. The molecule has 0 spiro atoms. The molecule has 69 heavy (non-hydrogen) atoms. The largest absolute Gasteiger partial charge is 0.369 e. The molecule has 3 aliphatic rings. The molecule has 1 unspecified atom stereocenters. The number of carbonyl (C=O) groups excluding carboxylic acids is 5. The Bertz CT molecular complexity index is 3300. The maximum atomic E-state index is 17.2. The summed E-state index contributed by atoms with van der Waals surface area (Å²) in [5.41, 5.74) is 7.03. The number of fused-ring (bicyclic) bond motifs is 2. The van der Waals surface area contributed by atoms with Crippen LogP contribution in [0.15, 0.2) is 95.9 Å². The lowest BCUT2D eigenvalue weighted by Crippen LogP contribution is -2.47. The van der Waals surface area contributed by atoms with Gasteiger partial charge in [0.1, 0.15) is 17.6 Å². The molecule has 7 aromatic rings. The summed E-state index contributed by atoms with van der Waals surface area (Å²) < 4.78 is 21.8. The summed E-state index contributed by atoms with van der Waals surface area (Å²) in [7, 11) is 4.85. The monoisotopic (exact) mass is 931 g/mol. The highest BCUT2D eigenvalue weighted by Crippen LogP contribution is 2.40. The van der Waals surface area contributed by atoms with Crippen LogP contribution in [0.4, 0.5) is 21.5 Å². The van der Waals surface area contributed by atoms with Crippen LogP contribution in [-0.2, 0) is 34.9 Å². The molecule has 5 amide bonds. The smallest absolute Gasteiger partial charge is 0.329 e. The molecule has 4 aromatic carbocycles. The van der Waals surface area contributed by atoms with E-state index >= 15 is 4.39 Å². The molecule has 3 fully saturated rings. The first-order chi connectivity index (χ1) is 33.4. The molecule has 17 nitrogen and oxygen atoms in total. The van der Waals surface area contributed by atoms with Crippen molar-refractivity contribution in [2.24, 2.45) is 14.1 Å². The number of benzene rings is 4. The molecule has 3 aromatic heterocycles. The number of imidazole rings is 1. The molecule has 0 aliphatic carbocycles. The first kappa shape index (κ1) is 44.8. The Labute approximate surface area is 395 Å².